The number of hydrogen-bond acceptors (Lipinski definition) is 6. The molecule has 1 aromatic heterocycles. The summed E-state index contributed by atoms with van der Waals surface area (Å²) in [4.78, 5) is 36.5. The molecule has 2 rings (SSSR count). The first kappa shape index (κ1) is 15.8. The molecule has 114 valence electrons. The molecule has 22 heavy (non-hydrogen) atoms. The molecule has 1 heterocycles. The normalized spacial score (nSPS) is 11.9. The average Bonchev–Trinajstić information content (AvgIpc) is 2.94. The van der Waals surface area contributed by atoms with Crippen molar-refractivity contribution in [2.75, 3.05) is 0 Å². The van der Waals surface area contributed by atoms with Crippen LogP contribution < -0.4 is 0 Å². The quantitative estimate of drug-likeness (QED) is 0.467. The highest BCUT2D eigenvalue weighted by Crippen LogP contribution is 2.18. The van der Waals surface area contributed by atoms with Crippen LogP contribution in [0.25, 0.3) is 0 Å². The molecule has 2 aromatic rings. The van der Waals surface area contributed by atoms with Gasteiger partial charge in [-0.15, -0.1) is 0 Å². The van der Waals surface area contributed by atoms with E-state index in [0.29, 0.717) is 5.56 Å². The van der Waals surface area contributed by atoms with E-state index in [0.717, 1.165) is 15.5 Å². The SMILES string of the molecule is O=C(C[C@H](C(=O)O)n1cnc([N+](=O)[O-])n1)c1ccc(Br)cc1. The number of hydrogen-bond donors (Lipinski definition) is 1. The number of halogens is 1. The molecule has 1 atom stereocenters. The molecular formula is C12H9BrN4O5. The first-order valence-electron chi connectivity index (χ1n) is 5.95. The Balaban J connectivity index is 2.21. The lowest BCUT2D eigenvalue weighted by Crippen LogP contribution is -2.23. The second-order valence-corrected chi connectivity index (χ2v) is 5.19. The van der Waals surface area contributed by atoms with Gasteiger partial charge in [0, 0.05) is 21.6 Å². The Morgan fingerprint density at radius 3 is 2.50 bits per heavy atom. The number of carbonyl (C=O) groups excluding carboxylic acids is 1. The lowest BCUT2D eigenvalue weighted by atomic mass is 10.0. The lowest BCUT2D eigenvalue weighted by Gasteiger charge is -2.08. The fourth-order valence-electron chi connectivity index (χ4n) is 1.72. The Morgan fingerprint density at radius 1 is 1.36 bits per heavy atom. The van der Waals surface area contributed by atoms with Crippen molar-refractivity contribution in [3.05, 3.63) is 50.7 Å². The van der Waals surface area contributed by atoms with E-state index in [1.54, 1.807) is 24.3 Å². The fraction of sp³-hybridized carbons (Fsp3) is 0.167. The van der Waals surface area contributed by atoms with E-state index >= 15 is 0 Å². The molecule has 0 unspecified atom stereocenters. The zero-order chi connectivity index (χ0) is 16.3. The number of nitro groups is 1. The molecule has 1 N–H and O–H groups in total. The van der Waals surface area contributed by atoms with Crippen molar-refractivity contribution >= 4 is 33.6 Å². The lowest BCUT2D eigenvalue weighted by molar-refractivity contribution is -0.394. The van der Waals surface area contributed by atoms with Gasteiger partial charge in [-0.3, -0.25) is 4.79 Å². The van der Waals surface area contributed by atoms with Gasteiger partial charge in [0.05, 0.1) is 0 Å². The molecule has 0 saturated carbocycles. The Kier molecular flexibility index (Phi) is 4.61. The van der Waals surface area contributed by atoms with Crippen LogP contribution in [0.4, 0.5) is 5.95 Å². The second-order valence-electron chi connectivity index (χ2n) is 4.27. The van der Waals surface area contributed by atoms with Crippen LogP contribution in [0.2, 0.25) is 0 Å². The largest absolute Gasteiger partial charge is 0.490 e. The maximum Gasteiger partial charge on any atom is 0.490 e. The Hall–Kier alpha value is -2.62. The topological polar surface area (TPSA) is 128 Å². The van der Waals surface area contributed by atoms with Crippen molar-refractivity contribution in [3.8, 4) is 0 Å². The summed E-state index contributed by atoms with van der Waals surface area (Å²) in [5.74, 6) is -2.47. The molecule has 0 aliphatic carbocycles. The zero-order valence-electron chi connectivity index (χ0n) is 10.9. The molecule has 1 aromatic carbocycles. The van der Waals surface area contributed by atoms with Crippen LogP contribution in [-0.4, -0.2) is 36.5 Å². The van der Waals surface area contributed by atoms with Gasteiger partial charge in [0.25, 0.3) is 0 Å². The maximum atomic E-state index is 12.1. The van der Waals surface area contributed by atoms with E-state index in [4.69, 9.17) is 0 Å². The van der Waals surface area contributed by atoms with Crippen LogP contribution in [0, 0.1) is 10.1 Å². The summed E-state index contributed by atoms with van der Waals surface area (Å²) >= 11 is 3.23. The number of carbonyl (C=O) groups is 2. The molecule has 0 aliphatic heterocycles. The number of nitrogens with zero attached hydrogens (tertiary/aromatic N) is 4. The van der Waals surface area contributed by atoms with Gasteiger partial charge < -0.3 is 15.2 Å². The van der Waals surface area contributed by atoms with Crippen molar-refractivity contribution in [1.82, 2.24) is 14.8 Å². The van der Waals surface area contributed by atoms with Crippen LogP contribution in [0.3, 0.4) is 0 Å². The van der Waals surface area contributed by atoms with Crippen molar-refractivity contribution < 1.29 is 19.6 Å². The summed E-state index contributed by atoms with van der Waals surface area (Å²) in [5.41, 5.74) is 0.337. The number of ketones is 1. The highest BCUT2D eigenvalue weighted by Gasteiger charge is 2.29. The molecule has 0 amide bonds. The van der Waals surface area contributed by atoms with Crippen LogP contribution in [0.5, 0.6) is 0 Å². The van der Waals surface area contributed by atoms with E-state index in [-0.39, 0.29) is 0 Å². The third-order valence-electron chi connectivity index (χ3n) is 2.81. The minimum Gasteiger partial charge on any atom is -0.480 e. The fourth-order valence-corrected chi connectivity index (χ4v) is 1.99. The summed E-state index contributed by atoms with van der Waals surface area (Å²) in [5, 5.41) is 23.2. The third kappa shape index (κ3) is 3.52. The summed E-state index contributed by atoms with van der Waals surface area (Å²) in [7, 11) is 0. The summed E-state index contributed by atoms with van der Waals surface area (Å²) in [6.45, 7) is 0. The monoisotopic (exact) mass is 368 g/mol. The first-order valence-corrected chi connectivity index (χ1v) is 6.75. The standard InChI is InChI=1S/C12H9BrN4O5/c13-8-3-1-7(2-4-8)10(18)5-9(11(19)20)16-6-14-12(15-16)17(21)22/h1-4,6,9H,5H2,(H,19,20)/t9-/m1/s1. The zero-order valence-corrected chi connectivity index (χ0v) is 12.5. The van der Waals surface area contributed by atoms with Gasteiger partial charge in [-0.2, -0.15) is 4.68 Å². The van der Waals surface area contributed by atoms with Crippen molar-refractivity contribution in [1.29, 1.82) is 0 Å². The molecule has 0 spiro atoms. The number of Topliss-reactive ketones (excluding diaryl/α,β-unsaturated/α-hetero) is 1. The van der Waals surface area contributed by atoms with Gasteiger partial charge in [-0.1, -0.05) is 33.0 Å². The van der Waals surface area contributed by atoms with E-state index in [1.807, 2.05) is 0 Å². The van der Waals surface area contributed by atoms with Crippen LogP contribution in [0.1, 0.15) is 22.8 Å². The number of carboxylic acid groups (broad SMARTS) is 1. The molecule has 0 saturated heterocycles. The van der Waals surface area contributed by atoms with Gasteiger partial charge in [0.1, 0.15) is 0 Å². The number of rotatable bonds is 6. The van der Waals surface area contributed by atoms with E-state index in [9.17, 15) is 24.8 Å². The van der Waals surface area contributed by atoms with Gasteiger partial charge in [-0.05, 0) is 17.1 Å². The molecule has 0 fully saturated rings. The predicted molar refractivity (Wildman–Crippen MR) is 76.4 cm³/mol. The Labute approximate surface area is 131 Å². The van der Waals surface area contributed by atoms with Gasteiger partial charge in [0.15, 0.2) is 11.8 Å². The van der Waals surface area contributed by atoms with Crippen molar-refractivity contribution in [2.24, 2.45) is 0 Å². The third-order valence-corrected chi connectivity index (χ3v) is 3.34. The first-order chi connectivity index (χ1) is 10.4. The highest BCUT2D eigenvalue weighted by molar-refractivity contribution is 9.10. The van der Waals surface area contributed by atoms with E-state index in [2.05, 4.69) is 26.0 Å². The molecule has 9 nitrogen and oxygen atoms in total. The minimum atomic E-state index is -1.36. The molecular weight excluding hydrogens is 360 g/mol. The van der Waals surface area contributed by atoms with E-state index in [1.165, 1.54) is 0 Å². The van der Waals surface area contributed by atoms with E-state index < -0.39 is 35.1 Å². The molecule has 10 heteroatoms. The molecule has 0 radical (unpaired) electrons. The smallest absolute Gasteiger partial charge is 0.480 e. The van der Waals surface area contributed by atoms with Crippen LogP contribution in [-0.2, 0) is 4.79 Å². The van der Waals surface area contributed by atoms with Gasteiger partial charge in [-0.25, -0.2) is 4.79 Å². The maximum absolute atomic E-state index is 12.1. The summed E-state index contributed by atoms with van der Waals surface area (Å²) in [6, 6.07) is 5.05. The highest BCUT2D eigenvalue weighted by atomic mass is 79.9. The Morgan fingerprint density at radius 2 is 2.00 bits per heavy atom. The summed E-state index contributed by atoms with van der Waals surface area (Å²) < 4.78 is 1.59. The number of carboxylic acids is 1. The Bertz CT molecular complexity index is 727. The van der Waals surface area contributed by atoms with Crippen molar-refractivity contribution in [3.63, 3.8) is 0 Å². The predicted octanol–water partition coefficient (Wildman–Crippen LogP) is 1.85. The minimum absolute atomic E-state index is 0.337. The summed E-state index contributed by atoms with van der Waals surface area (Å²) in [6.07, 6.45) is 0.531. The molecule has 0 aliphatic rings. The second kappa shape index (κ2) is 6.43. The number of aliphatic carboxylic acids is 1. The van der Waals surface area contributed by atoms with Crippen LogP contribution in [0.15, 0.2) is 35.1 Å². The molecule has 0 bridgehead atoms. The van der Waals surface area contributed by atoms with Crippen molar-refractivity contribution in [2.45, 2.75) is 12.5 Å². The van der Waals surface area contributed by atoms with Crippen LogP contribution >= 0.6 is 15.9 Å². The number of benzene rings is 1. The van der Waals surface area contributed by atoms with Gasteiger partial charge >= 0.3 is 11.9 Å². The van der Waals surface area contributed by atoms with Gasteiger partial charge in [0.2, 0.25) is 6.33 Å². The average molecular weight is 369 g/mol. The number of aromatic nitrogens is 3.